The molecule has 0 bridgehead atoms. The minimum Gasteiger partial charge on any atom is -0.481 e. The van der Waals surface area contributed by atoms with E-state index >= 15 is 0 Å². The third kappa shape index (κ3) is 4.61. The molecule has 3 rings (SSSR count). The molecule has 0 saturated carbocycles. The summed E-state index contributed by atoms with van der Waals surface area (Å²) in [6.07, 6.45) is -0.656. The summed E-state index contributed by atoms with van der Waals surface area (Å²) >= 11 is 0. The van der Waals surface area contributed by atoms with Crippen LogP contribution in [0.25, 0.3) is 0 Å². The monoisotopic (exact) mass is 354 g/mol. The average Bonchev–Trinajstić information content (AvgIpc) is 2.69. The zero-order chi connectivity index (χ0) is 18.4. The van der Waals surface area contributed by atoms with Crippen LogP contribution in [-0.2, 0) is 9.53 Å². The molecule has 2 aromatic carbocycles. The van der Waals surface area contributed by atoms with Crippen LogP contribution >= 0.6 is 0 Å². The number of carbonyl (C=O) groups is 2. The lowest BCUT2D eigenvalue weighted by atomic mass is 10.1. The van der Waals surface area contributed by atoms with Crippen molar-refractivity contribution in [2.75, 3.05) is 31.6 Å². The first-order valence-corrected chi connectivity index (χ1v) is 8.63. The van der Waals surface area contributed by atoms with Crippen LogP contribution in [-0.4, -0.2) is 49.1 Å². The van der Waals surface area contributed by atoms with Crippen LogP contribution in [0.15, 0.2) is 54.6 Å². The number of hydrogen-bond acceptors (Lipinski definition) is 4. The second-order valence-corrected chi connectivity index (χ2v) is 6.05. The molecular formula is C20H22N2O4. The number of para-hydroxylation sites is 1. The van der Waals surface area contributed by atoms with E-state index in [0.717, 1.165) is 0 Å². The van der Waals surface area contributed by atoms with Gasteiger partial charge in [0.1, 0.15) is 5.75 Å². The fraction of sp³-hybridized carbons (Fsp3) is 0.300. The number of ether oxygens (including phenoxy) is 2. The molecule has 0 spiro atoms. The molecule has 1 aliphatic heterocycles. The molecule has 1 heterocycles. The summed E-state index contributed by atoms with van der Waals surface area (Å²) in [4.78, 5) is 26.7. The number of benzene rings is 2. The first kappa shape index (κ1) is 17.9. The van der Waals surface area contributed by atoms with Crippen LogP contribution in [0.5, 0.6) is 5.75 Å². The normalized spacial score (nSPS) is 15.2. The van der Waals surface area contributed by atoms with Crippen molar-refractivity contribution in [3.8, 4) is 5.75 Å². The quantitative estimate of drug-likeness (QED) is 0.896. The third-order valence-corrected chi connectivity index (χ3v) is 4.10. The van der Waals surface area contributed by atoms with Crippen LogP contribution in [0, 0.1) is 0 Å². The van der Waals surface area contributed by atoms with Gasteiger partial charge in [-0.25, -0.2) is 0 Å². The summed E-state index contributed by atoms with van der Waals surface area (Å²) in [5, 5.41) is 2.80. The highest BCUT2D eigenvalue weighted by Gasteiger charge is 2.19. The van der Waals surface area contributed by atoms with Gasteiger partial charge in [0.2, 0.25) is 0 Å². The van der Waals surface area contributed by atoms with Gasteiger partial charge >= 0.3 is 0 Å². The van der Waals surface area contributed by atoms with Crippen molar-refractivity contribution in [2.24, 2.45) is 0 Å². The predicted molar refractivity (Wildman–Crippen MR) is 98.3 cm³/mol. The number of hydrogen-bond donors (Lipinski definition) is 1. The molecule has 0 unspecified atom stereocenters. The van der Waals surface area contributed by atoms with E-state index in [1.165, 1.54) is 0 Å². The van der Waals surface area contributed by atoms with Crippen molar-refractivity contribution in [3.05, 3.63) is 60.2 Å². The smallest absolute Gasteiger partial charge is 0.265 e. The van der Waals surface area contributed by atoms with E-state index in [2.05, 4.69) is 5.32 Å². The van der Waals surface area contributed by atoms with E-state index in [9.17, 15) is 9.59 Å². The number of amides is 2. The number of anilines is 1. The van der Waals surface area contributed by atoms with Gasteiger partial charge in [-0.15, -0.1) is 0 Å². The Bertz CT molecular complexity index is 757. The molecule has 26 heavy (non-hydrogen) atoms. The van der Waals surface area contributed by atoms with Crippen LogP contribution in [0.2, 0.25) is 0 Å². The molecule has 0 aliphatic carbocycles. The molecule has 2 amide bonds. The zero-order valence-electron chi connectivity index (χ0n) is 14.7. The summed E-state index contributed by atoms with van der Waals surface area (Å²) < 4.78 is 10.9. The molecule has 1 N–H and O–H groups in total. The zero-order valence-corrected chi connectivity index (χ0v) is 14.7. The van der Waals surface area contributed by atoms with Crippen molar-refractivity contribution in [1.29, 1.82) is 0 Å². The Hall–Kier alpha value is -2.86. The third-order valence-electron chi connectivity index (χ3n) is 4.10. The SMILES string of the molecule is C[C@@H](Oc1ccccc1)C(=O)Nc1cccc(C(=O)N2CCOCC2)c1. The van der Waals surface area contributed by atoms with E-state index in [4.69, 9.17) is 9.47 Å². The van der Waals surface area contributed by atoms with E-state index < -0.39 is 6.10 Å². The van der Waals surface area contributed by atoms with Crippen LogP contribution in [0.3, 0.4) is 0 Å². The summed E-state index contributed by atoms with van der Waals surface area (Å²) in [6, 6.07) is 16.1. The highest BCUT2D eigenvalue weighted by Crippen LogP contribution is 2.16. The van der Waals surface area contributed by atoms with E-state index in [1.807, 2.05) is 18.2 Å². The van der Waals surface area contributed by atoms with Gasteiger partial charge in [0.25, 0.3) is 11.8 Å². The van der Waals surface area contributed by atoms with Crippen LogP contribution < -0.4 is 10.1 Å². The van der Waals surface area contributed by atoms with Gasteiger partial charge in [-0.05, 0) is 37.3 Å². The molecule has 1 fully saturated rings. The highest BCUT2D eigenvalue weighted by molar-refractivity contribution is 5.98. The Morgan fingerprint density at radius 3 is 2.54 bits per heavy atom. The van der Waals surface area contributed by atoms with E-state index in [1.54, 1.807) is 48.2 Å². The first-order valence-electron chi connectivity index (χ1n) is 8.63. The standard InChI is InChI=1S/C20H22N2O4/c1-15(26-18-8-3-2-4-9-18)19(23)21-17-7-5-6-16(14-17)20(24)22-10-12-25-13-11-22/h2-9,14-15H,10-13H2,1H3,(H,21,23)/t15-/m1/s1. The number of rotatable bonds is 5. The second-order valence-electron chi connectivity index (χ2n) is 6.05. The van der Waals surface area contributed by atoms with Gasteiger partial charge < -0.3 is 19.7 Å². The fourth-order valence-electron chi connectivity index (χ4n) is 2.68. The molecule has 1 aliphatic rings. The summed E-state index contributed by atoms with van der Waals surface area (Å²) in [6.45, 7) is 3.95. The Morgan fingerprint density at radius 2 is 1.81 bits per heavy atom. The Labute approximate surface area is 152 Å². The molecule has 0 radical (unpaired) electrons. The van der Waals surface area contributed by atoms with Gasteiger partial charge in [-0.2, -0.15) is 0 Å². The molecule has 6 nitrogen and oxygen atoms in total. The number of nitrogens with one attached hydrogen (secondary N) is 1. The minimum absolute atomic E-state index is 0.0574. The maximum atomic E-state index is 12.5. The second kappa shape index (κ2) is 8.49. The number of morpholine rings is 1. The van der Waals surface area contributed by atoms with Crippen molar-refractivity contribution in [2.45, 2.75) is 13.0 Å². The molecular weight excluding hydrogens is 332 g/mol. The maximum Gasteiger partial charge on any atom is 0.265 e. The molecule has 6 heteroatoms. The lowest BCUT2D eigenvalue weighted by Crippen LogP contribution is -2.40. The number of nitrogens with zero attached hydrogens (tertiary/aromatic N) is 1. The molecule has 2 aromatic rings. The van der Waals surface area contributed by atoms with Crippen molar-refractivity contribution in [3.63, 3.8) is 0 Å². The highest BCUT2D eigenvalue weighted by atomic mass is 16.5. The van der Waals surface area contributed by atoms with Gasteiger partial charge in [0.15, 0.2) is 6.10 Å². The largest absolute Gasteiger partial charge is 0.481 e. The van der Waals surface area contributed by atoms with Gasteiger partial charge in [0.05, 0.1) is 13.2 Å². The van der Waals surface area contributed by atoms with Crippen molar-refractivity contribution in [1.82, 2.24) is 4.90 Å². The summed E-state index contributed by atoms with van der Waals surface area (Å²) in [7, 11) is 0. The number of carbonyl (C=O) groups excluding carboxylic acids is 2. The lowest BCUT2D eigenvalue weighted by molar-refractivity contribution is -0.122. The van der Waals surface area contributed by atoms with Gasteiger partial charge in [-0.3, -0.25) is 9.59 Å². The topological polar surface area (TPSA) is 67.9 Å². The van der Waals surface area contributed by atoms with E-state index in [-0.39, 0.29) is 11.8 Å². The molecule has 1 atom stereocenters. The Kier molecular flexibility index (Phi) is 5.86. The van der Waals surface area contributed by atoms with Gasteiger partial charge in [-0.1, -0.05) is 24.3 Å². The Morgan fingerprint density at radius 1 is 1.08 bits per heavy atom. The Balaban J connectivity index is 1.62. The first-order chi connectivity index (χ1) is 12.6. The average molecular weight is 354 g/mol. The summed E-state index contributed by atoms with van der Waals surface area (Å²) in [5.41, 5.74) is 1.11. The van der Waals surface area contributed by atoms with Crippen molar-refractivity contribution >= 4 is 17.5 Å². The predicted octanol–water partition coefficient (Wildman–Crippen LogP) is 2.57. The molecule has 1 saturated heterocycles. The van der Waals surface area contributed by atoms with Crippen LogP contribution in [0.4, 0.5) is 5.69 Å². The van der Waals surface area contributed by atoms with Crippen LogP contribution in [0.1, 0.15) is 17.3 Å². The maximum absolute atomic E-state index is 12.5. The van der Waals surface area contributed by atoms with Crippen molar-refractivity contribution < 1.29 is 19.1 Å². The fourth-order valence-corrected chi connectivity index (χ4v) is 2.68. The molecule has 0 aromatic heterocycles. The van der Waals surface area contributed by atoms with Gasteiger partial charge in [0, 0.05) is 24.3 Å². The van der Waals surface area contributed by atoms with E-state index in [0.29, 0.717) is 43.3 Å². The minimum atomic E-state index is -0.656. The summed E-state index contributed by atoms with van der Waals surface area (Å²) in [5.74, 6) is 0.300. The molecule has 136 valence electrons. The lowest BCUT2D eigenvalue weighted by Gasteiger charge is -2.27.